The number of thiophene rings is 1. The summed E-state index contributed by atoms with van der Waals surface area (Å²) in [6, 6.07) is 11.5. The van der Waals surface area contributed by atoms with E-state index in [0.717, 1.165) is 23.7 Å². The van der Waals surface area contributed by atoms with Crippen LogP contribution in [0.5, 0.6) is 0 Å². The van der Waals surface area contributed by atoms with E-state index < -0.39 is 0 Å². The Morgan fingerprint density at radius 1 is 1.38 bits per heavy atom. The third kappa shape index (κ3) is 3.79. The van der Waals surface area contributed by atoms with Gasteiger partial charge in [-0.05, 0) is 55.3 Å². The van der Waals surface area contributed by atoms with Crippen LogP contribution in [0.1, 0.15) is 30.2 Å². The lowest BCUT2D eigenvalue weighted by Crippen LogP contribution is -2.25. The first kappa shape index (κ1) is 14.9. The second-order valence-corrected chi connectivity index (χ2v) is 7.35. The van der Waals surface area contributed by atoms with E-state index in [1.807, 2.05) is 18.3 Å². The van der Waals surface area contributed by atoms with E-state index >= 15 is 0 Å². The van der Waals surface area contributed by atoms with Crippen molar-refractivity contribution in [3.63, 3.8) is 0 Å². The zero-order chi connectivity index (χ0) is 14.8. The van der Waals surface area contributed by atoms with Crippen molar-refractivity contribution in [2.45, 2.75) is 44.8 Å². The van der Waals surface area contributed by atoms with E-state index in [1.54, 1.807) is 0 Å². The van der Waals surface area contributed by atoms with Gasteiger partial charge in [0.05, 0.1) is 17.3 Å². The van der Waals surface area contributed by atoms with Crippen molar-refractivity contribution in [2.24, 2.45) is 5.73 Å². The summed E-state index contributed by atoms with van der Waals surface area (Å²) < 4.78 is 0. The highest BCUT2D eigenvalue weighted by molar-refractivity contribution is 7.09. The lowest BCUT2D eigenvalue weighted by atomic mass is 10.1. The largest absolute Gasteiger partial charge is 0.362 e. The second-order valence-electron chi connectivity index (χ2n) is 5.91. The molecule has 21 heavy (non-hydrogen) atoms. The van der Waals surface area contributed by atoms with Gasteiger partial charge in [0.1, 0.15) is 0 Å². The molecule has 2 aromatic rings. The van der Waals surface area contributed by atoms with Crippen molar-refractivity contribution in [2.75, 3.05) is 4.90 Å². The van der Waals surface area contributed by atoms with Crippen molar-refractivity contribution in [3.05, 3.63) is 51.2 Å². The molecule has 0 amide bonds. The molecule has 1 aliphatic carbocycles. The summed E-state index contributed by atoms with van der Waals surface area (Å²) in [6.45, 7) is 2.98. The molecule has 4 heteroatoms. The highest BCUT2D eigenvalue weighted by Gasteiger charge is 2.30. The molecule has 2 nitrogen and oxygen atoms in total. The van der Waals surface area contributed by atoms with Gasteiger partial charge in [0.25, 0.3) is 0 Å². The summed E-state index contributed by atoms with van der Waals surface area (Å²) in [5, 5.41) is 2.98. The van der Waals surface area contributed by atoms with E-state index in [1.165, 1.54) is 23.3 Å². The Hall–Kier alpha value is -1.03. The van der Waals surface area contributed by atoms with Gasteiger partial charge in [0.15, 0.2) is 0 Å². The third-order valence-electron chi connectivity index (χ3n) is 3.77. The summed E-state index contributed by atoms with van der Waals surface area (Å²) in [4.78, 5) is 3.83. The average molecular weight is 321 g/mol. The molecule has 1 fully saturated rings. The number of nitrogens with two attached hydrogens (primary N) is 1. The first-order chi connectivity index (χ1) is 10.1. The van der Waals surface area contributed by atoms with Gasteiger partial charge in [0, 0.05) is 17.0 Å². The number of anilines is 1. The maximum absolute atomic E-state index is 6.54. The number of rotatable bonds is 6. The van der Waals surface area contributed by atoms with E-state index in [2.05, 4.69) is 40.6 Å². The standard InChI is InChI=1S/C17H21ClN2S/c1-12(19)9-13-4-7-17(16(18)10-13)20(14-5-6-14)11-15-3-2-8-21-15/h2-4,7-8,10,12,14H,5-6,9,11,19H2,1H3. The Morgan fingerprint density at radius 3 is 2.76 bits per heavy atom. The molecule has 1 unspecified atom stereocenters. The normalized spacial score (nSPS) is 16.0. The van der Waals surface area contributed by atoms with E-state index in [9.17, 15) is 0 Å². The minimum absolute atomic E-state index is 0.164. The van der Waals surface area contributed by atoms with Crippen LogP contribution >= 0.6 is 22.9 Å². The molecule has 3 rings (SSSR count). The topological polar surface area (TPSA) is 29.3 Å². The van der Waals surface area contributed by atoms with Crippen LogP contribution in [0, 0.1) is 0 Å². The molecule has 1 aromatic carbocycles. The minimum atomic E-state index is 0.164. The van der Waals surface area contributed by atoms with Crippen LogP contribution in [0.25, 0.3) is 0 Å². The number of hydrogen-bond acceptors (Lipinski definition) is 3. The minimum Gasteiger partial charge on any atom is -0.362 e. The zero-order valence-electron chi connectivity index (χ0n) is 12.3. The molecular weight excluding hydrogens is 300 g/mol. The van der Waals surface area contributed by atoms with Crippen molar-refractivity contribution in [3.8, 4) is 0 Å². The van der Waals surface area contributed by atoms with Crippen molar-refractivity contribution in [1.82, 2.24) is 0 Å². The molecule has 1 aliphatic rings. The van der Waals surface area contributed by atoms with E-state index in [0.29, 0.717) is 6.04 Å². The predicted molar refractivity (Wildman–Crippen MR) is 92.3 cm³/mol. The molecule has 0 aliphatic heterocycles. The highest BCUT2D eigenvalue weighted by atomic mass is 35.5. The van der Waals surface area contributed by atoms with Crippen LogP contribution in [0.2, 0.25) is 5.02 Å². The molecule has 0 bridgehead atoms. The first-order valence-electron chi connectivity index (χ1n) is 7.46. The molecule has 1 saturated carbocycles. The monoisotopic (exact) mass is 320 g/mol. The molecule has 1 atom stereocenters. The fourth-order valence-electron chi connectivity index (χ4n) is 2.65. The molecular formula is C17H21ClN2S. The van der Waals surface area contributed by atoms with Gasteiger partial charge < -0.3 is 10.6 Å². The summed E-state index contributed by atoms with van der Waals surface area (Å²) in [5.74, 6) is 0. The van der Waals surface area contributed by atoms with Gasteiger partial charge in [0.2, 0.25) is 0 Å². The number of halogens is 1. The zero-order valence-corrected chi connectivity index (χ0v) is 13.8. The third-order valence-corrected chi connectivity index (χ3v) is 4.94. The molecule has 0 saturated heterocycles. The van der Waals surface area contributed by atoms with Gasteiger partial charge in [-0.2, -0.15) is 0 Å². The lowest BCUT2D eigenvalue weighted by molar-refractivity contribution is 0.737. The Bertz CT molecular complexity index is 591. The maximum Gasteiger partial charge on any atom is 0.0642 e. The van der Waals surface area contributed by atoms with Crippen molar-refractivity contribution in [1.29, 1.82) is 0 Å². The van der Waals surface area contributed by atoms with Crippen LogP contribution in [-0.4, -0.2) is 12.1 Å². The number of hydrogen-bond donors (Lipinski definition) is 1. The number of benzene rings is 1. The summed E-state index contributed by atoms with van der Waals surface area (Å²) in [6.07, 6.45) is 3.40. The van der Waals surface area contributed by atoms with Gasteiger partial charge in [-0.3, -0.25) is 0 Å². The summed E-state index contributed by atoms with van der Waals surface area (Å²) in [7, 11) is 0. The van der Waals surface area contributed by atoms with Gasteiger partial charge in [-0.15, -0.1) is 11.3 Å². The predicted octanol–water partition coefficient (Wildman–Crippen LogP) is 4.46. The Balaban J connectivity index is 1.82. The molecule has 112 valence electrons. The first-order valence-corrected chi connectivity index (χ1v) is 8.72. The van der Waals surface area contributed by atoms with Crippen LogP contribution in [0.3, 0.4) is 0 Å². The Morgan fingerprint density at radius 2 is 2.19 bits per heavy atom. The molecule has 1 aromatic heterocycles. The van der Waals surface area contributed by atoms with Crippen LogP contribution in [-0.2, 0) is 13.0 Å². The Labute approximate surface area is 135 Å². The highest BCUT2D eigenvalue weighted by Crippen LogP contribution is 2.37. The van der Waals surface area contributed by atoms with Crippen molar-refractivity contribution < 1.29 is 0 Å². The van der Waals surface area contributed by atoms with Gasteiger partial charge >= 0.3 is 0 Å². The molecule has 2 N–H and O–H groups in total. The second kappa shape index (κ2) is 6.39. The Kier molecular flexibility index (Phi) is 4.53. The SMILES string of the molecule is CC(N)Cc1ccc(N(Cc2cccs2)C2CC2)c(Cl)c1. The summed E-state index contributed by atoms with van der Waals surface area (Å²) in [5.41, 5.74) is 8.24. The van der Waals surface area contributed by atoms with Crippen LogP contribution in [0.15, 0.2) is 35.7 Å². The molecule has 0 spiro atoms. The van der Waals surface area contributed by atoms with E-state index in [4.69, 9.17) is 17.3 Å². The smallest absolute Gasteiger partial charge is 0.0642 e. The molecule has 0 radical (unpaired) electrons. The maximum atomic E-state index is 6.54. The van der Waals surface area contributed by atoms with Crippen LogP contribution in [0.4, 0.5) is 5.69 Å². The quantitative estimate of drug-likeness (QED) is 0.851. The van der Waals surface area contributed by atoms with Crippen LogP contribution < -0.4 is 10.6 Å². The molecule has 1 heterocycles. The van der Waals surface area contributed by atoms with E-state index in [-0.39, 0.29) is 6.04 Å². The van der Waals surface area contributed by atoms with Crippen molar-refractivity contribution >= 4 is 28.6 Å². The fraction of sp³-hybridized carbons (Fsp3) is 0.412. The number of nitrogens with zero attached hydrogens (tertiary/aromatic N) is 1. The van der Waals surface area contributed by atoms with Gasteiger partial charge in [-0.25, -0.2) is 0 Å². The lowest BCUT2D eigenvalue weighted by Gasteiger charge is -2.25. The van der Waals surface area contributed by atoms with Gasteiger partial charge in [-0.1, -0.05) is 23.7 Å². The summed E-state index contributed by atoms with van der Waals surface area (Å²) >= 11 is 8.35. The average Bonchev–Trinajstić information content (AvgIpc) is 3.14. The fourth-order valence-corrected chi connectivity index (χ4v) is 3.66.